The van der Waals surface area contributed by atoms with E-state index in [1.807, 2.05) is 23.8 Å². The summed E-state index contributed by atoms with van der Waals surface area (Å²) in [5.41, 5.74) is 2.08. The van der Waals surface area contributed by atoms with E-state index >= 15 is 0 Å². The first-order chi connectivity index (χ1) is 9.26. The van der Waals surface area contributed by atoms with Crippen LogP contribution in [0.3, 0.4) is 0 Å². The van der Waals surface area contributed by atoms with Crippen molar-refractivity contribution >= 4 is 22.7 Å². The van der Waals surface area contributed by atoms with Crippen molar-refractivity contribution < 1.29 is 0 Å². The maximum Gasteiger partial charge on any atom is 0.158 e. The molecular weight excluding hydrogens is 242 g/mol. The van der Waals surface area contributed by atoms with Crippen LogP contribution in [0.5, 0.6) is 0 Å². The first-order valence-corrected chi connectivity index (χ1v) is 5.52. The molecule has 0 saturated heterocycles. The van der Waals surface area contributed by atoms with Gasteiger partial charge in [-0.1, -0.05) is 0 Å². The number of anilines is 2. The molecule has 0 spiro atoms. The average molecular weight is 251 g/mol. The van der Waals surface area contributed by atoms with Crippen LogP contribution in [-0.4, -0.2) is 24.5 Å². The molecule has 7 nitrogen and oxygen atoms in total. The van der Waals surface area contributed by atoms with Crippen LogP contribution >= 0.6 is 0 Å². The van der Waals surface area contributed by atoms with E-state index in [0.29, 0.717) is 11.6 Å². The number of hydrogen-bond acceptors (Lipinski definition) is 6. The maximum atomic E-state index is 8.65. The summed E-state index contributed by atoms with van der Waals surface area (Å²) in [7, 11) is 1.92. The number of fused-ring (bicyclic) bond motifs is 1. The van der Waals surface area contributed by atoms with E-state index in [1.54, 1.807) is 12.5 Å². The fourth-order valence-corrected chi connectivity index (χ4v) is 1.68. The summed E-state index contributed by atoms with van der Waals surface area (Å²) in [6.07, 6.45) is 6.32. The Morgan fingerprint density at radius 3 is 2.68 bits per heavy atom. The van der Waals surface area contributed by atoms with Gasteiger partial charge in [0.15, 0.2) is 5.69 Å². The standard InChI is InChI=1S/C12H9N7/c1-19-7-17-9-5-16-11(2-10(9)19)18-12-6-14-8(3-13)4-15-12/h2,4-7H,1H3,(H,15,16,18). The Bertz CT molecular complexity index is 767. The van der Waals surface area contributed by atoms with Crippen LogP contribution in [0.25, 0.3) is 11.0 Å². The van der Waals surface area contributed by atoms with Crippen molar-refractivity contribution in [3.8, 4) is 6.07 Å². The number of aromatic nitrogens is 5. The minimum absolute atomic E-state index is 0.278. The molecule has 0 unspecified atom stereocenters. The molecule has 0 bridgehead atoms. The van der Waals surface area contributed by atoms with Gasteiger partial charge in [0, 0.05) is 13.1 Å². The summed E-state index contributed by atoms with van der Waals surface area (Å²) < 4.78 is 1.91. The quantitative estimate of drug-likeness (QED) is 0.739. The summed E-state index contributed by atoms with van der Waals surface area (Å²) >= 11 is 0. The molecule has 92 valence electrons. The Balaban J connectivity index is 1.91. The third-order valence-electron chi connectivity index (χ3n) is 2.63. The fraction of sp³-hybridized carbons (Fsp3) is 0.0833. The monoisotopic (exact) mass is 251 g/mol. The van der Waals surface area contributed by atoms with Crippen molar-refractivity contribution in [2.75, 3.05) is 5.32 Å². The van der Waals surface area contributed by atoms with Crippen LogP contribution in [0.4, 0.5) is 11.6 Å². The zero-order valence-electron chi connectivity index (χ0n) is 10.1. The molecule has 0 aliphatic carbocycles. The first-order valence-electron chi connectivity index (χ1n) is 5.52. The summed E-state index contributed by atoms with van der Waals surface area (Å²) in [6.45, 7) is 0. The molecule has 3 aromatic rings. The van der Waals surface area contributed by atoms with Crippen molar-refractivity contribution in [2.24, 2.45) is 7.05 Å². The van der Waals surface area contributed by atoms with Gasteiger partial charge in [0.1, 0.15) is 23.2 Å². The van der Waals surface area contributed by atoms with Gasteiger partial charge < -0.3 is 9.88 Å². The molecule has 0 amide bonds. The highest BCUT2D eigenvalue weighted by atomic mass is 15.1. The third-order valence-corrected chi connectivity index (χ3v) is 2.63. The lowest BCUT2D eigenvalue weighted by atomic mass is 10.4. The van der Waals surface area contributed by atoms with Gasteiger partial charge in [0.25, 0.3) is 0 Å². The van der Waals surface area contributed by atoms with E-state index in [0.717, 1.165) is 11.0 Å². The van der Waals surface area contributed by atoms with Crippen LogP contribution in [0.2, 0.25) is 0 Å². The first kappa shape index (κ1) is 11.1. The number of pyridine rings is 1. The molecule has 3 heterocycles. The summed E-state index contributed by atoms with van der Waals surface area (Å²) in [5, 5.41) is 11.7. The van der Waals surface area contributed by atoms with Crippen molar-refractivity contribution in [3.05, 3.63) is 36.7 Å². The number of nitrogens with zero attached hydrogens (tertiary/aromatic N) is 6. The highest BCUT2D eigenvalue weighted by Crippen LogP contribution is 2.17. The number of nitriles is 1. The minimum Gasteiger partial charge on any atom is -0.334 e. The number of nitrogens with one attached hydrogen (secondary N) is 1. The lowest BCUT2D eigenvalue weighted by Crippen LogP contribution is -1.98. The van der Waals surface area contributed by atoms with Crippen molar-refractivity contribution in [1.82, 2.24) is 24.5 Å². The van der Waals surface area contributed by atoms with E-state index in [2.05, 4.69) is 25.3 Å². The predicted molar refractivity (Wildman–Crippen MR) is 68.5 cm³/mol. The van der Waals surface area contributed by atoms with Crippen molar-refractivity contribution in [1.29, 1.82) is 5.26 Å². The molecule has 3 rings (SSSR count). The SMILES string of the molecule is Cn1cnc2cnc(Nc3cnc(C#N)cn3)cc21. The Morgan fingerprint density at radius 1 is 1.11 bits per heavy atom. The second kappa shape index (κ2) is 4.34. The molecule has 0 atom stereocenters. The van der Waals surface area contributed by atoms with Gasteiger partial charge in [-0.3, -0.25) is 0 Å². The molecule has 0 aliphatic rings. The third kappa shape index (κ3) is 2.07. The lowest BCUT2D eigenvalue weighted by Gasteiger charge is -2.04. The van der Waals surface area contributed by atoms with Crippen LogP contribution < -0.4 is 5.32 Å². The van der Waals surface area contributed by atoms with Crippen LogP contribution in [0.15, 0.2) is 31.0 Å². The predicted octanol–water partition coefficient (Wildman–Crippen LogP) is 1.37. The Labute approximate surface area is 108 Å². The van der Waals surface area contributed by atoms with Gasteiger partial charge in [-0.15, -0.1) is 0 Å². The topological polar surface area (TPSA) is 92.3 Å². The van der Waals surface area contributed by atoms with E-state index in [9.17, 15) is 0 Å². The molecule has 0 aromatic carbocycles. The summed E-state index contributed by atoms with van der Waals surface area (Å²) in [6, 6.07) is 3.79. The molecule has 0 aliphatic heterocycles. The van der Waals surface area contributed by atoms with Gasteiger partial charge in [0.2, 0.25) is 0 Å². The molecule has 0 radical (unpaired) electrons. The maximum absolute atomic E-state index is 8.65. The Kier molecular flexibility index (Phi) is 2.54. The van der Waals surface area contributed by atoms with Crippen molar-refractivity contribution in [2.45, 2.75) is 0 Å². The van der Waals surface area contributed by atoms with Gasteiger partial charge in [-0.2, -0.15) is 5.26 Å². The largest absolute Gasteiger partial charge is 0.334 e. The zero-order chi connectivity index (χ0) is 13.2. The second-order valence-corrected chi connectivity index (χ2v) is 3.94. The van der Waals surface area contributed by atoms with Gasteiger partial charge >= 0.3 is 0 Å². The summed E-state index contributed by atoms with van der Waals surface area (Å²) in [5.74, 6) is 1.18. The fourth-order valence-electron chi connectivity index (χ4n) is 1.68. The highest BCUT2D eigenvalue weighted by Gasteiger charge is 2.03. The van der Waals surface area contributed by atoms with Crippen LogP contribution in [-0.2, 0) is 7.05 Å². The summed E-state index contributed by atoms with van der Waals surface area (Å²) in [4.78, 5) is 16.4. The smallest absolute Gasteiger partial charge is 0.158 e. The molecule has 0 fully saturated rings. The highest BCUT2D eigenvalue weighted by molar-refractivity contribution is 5.77. The van der Waals surface area contributed by atoms with E-state index in [1.165, 1.54) is 12.4 Å². The Morgan fingerprint density at radius 2 is 1.95 bits per heavy atom. The minimum atomic E-state index is 0.278. The number of aryl methyl sites for hydroxylation is 1. The number of hydrogen-bond donors (Lipinski definition) is 1. The molecule has 7 heteroatoms. The van der Waals surface area contributed by atoms with Crippen molar-refractivity contribution in [3.63, 3.8) is 0 Å². The average Bonchev–Trinajstić information content (AvgIpc) is 2.81. The molecular formula is C12H9N7. The van der Waals surface area contributed by atoms with Crippen LogP contribution in [0.1, 0.15) is 5.69 Å². The van der Waals surface area contributed by atoms with E-state index in [4.69, 9.17) is 5.26 Å². The number of rotatable bonds is 2. The molecule has 0 saturated carbocycles. The number of imidazole rings is 1. The van der Waals surface area contributed by atoms with Crippen LogP contribution in [0, 0.1) is 11.3 Å². The van der Waals surface area contributed by atoms with Gasteiger partial charge in [-0.05, 0) is 0 Å². The van der Waals surface area contributed by atoms with Gasteiger partial charge in [0.05, 0.1) is 30.4 Å². The van der Waals surface area contributed by atoms with E-state index < -0.39 is 0 Å². The zero-order valence-corrected chi connectivity index (χ0v) is 10.1. The molecule has 3 aromatic heterocycles. The lowest BCUT2D eigenvalue weighted by molar-refractivity contribution is 0.947. The second-order valence-electron chi connectivity index (χ2n) is 3.94. The van der Waals surface area contributed by atoms with E-state index in [-0.39, 0.29) is 5.69 Å². The van der Waals surface area contributed by atoms with Gasteiger partial charge in [-0.25, -0.2) is 19.9 Å². The Hall–Kier alpha value is -3.01. The molecule has 1 N–H and O–H groups in total. The molecule has 19 heavy (non-hydrogen) atoms. The normalized spacial score (nSPS) is 10.3.